The number of rotatable bonds is 10. The van der Waals surface area contributed by atoms with Crippen LogP contribution in [0, 0.1) is 0 Å². The number of carbonyl (C=O) groups is 2. The van der Waals surface area contributed by atoms with Crippen molar-refractivity contribution in [3.05, 3.63) is 88.9 Å². The van der Waals surface area contributed by atoms with Crippen molar-refractivity contribution < 1.29 is 22.7 Å². The highest BCUT2D eigenvalue weighted by Crippen LogP contribution is 2.26. The molecule has 0 fully saturated rings. The molecule has 0 saturated carbocycles. The summed E-state index contributed by atoms with van der Waals surface area (Å²) in [5.41, 5.74) is 0.569. The molecule has 0 heterocycles. The molecule has 0 aliphatic carbocycles. The van der Waals surface area contributed by atoms with Gasteiger partial charge in [0, 0.05) is 16.6 Å². The fourth-order valence-corrected chi connectivity index (χ4v) is 5.77. The van der Waals surface area contributed by atoms with Crippen LogP contribution in [0.2, 0.25) is 0 Å². The highest BCUT2D eigenvalue weighted by atomic mass is 79.9. The molecular weight excluding hydrogens is 582 g/mol. The Morgan fingerprint density at radius 1 is 0.974 bits per heavy atom. The van der Waals surface area contributed by atoms with E-state index in [1.165, 1.54) is 24.1 Å². The highest BCUT2D eigenvalue weighted by Gasteiger charge is 2.33. The number of carbonyl (C=O) groups excluding carboxylic acids is 2. The fourth-order valence-electron chi connectivity index (χ4n) is 3.89. The van der Waals surface area contributed by atoms with Crippen LogP contribution in [0.5, 0.6) is 5.75 Å². The lowest BCUT2D eigenvalue weighted by Crippen LogP contribution is -2.54. The number of nitrogens with one attached hydrogen (secondary N) is 1. The van der Waals surface area contributed by atoms with Crippen LogP contribution in [0.15, 0.2) is 88.2 Å². The van der Waals surface area contributed by atoms with E-state index in [1.807, 2.05) is 45.0 Å². The van der Waals surface area contributed by atoms with E-state index in [-0.39, 0.29) is 17.3 Å². The number of benzene rings is 3. The third kappa shape index (κ3) is 8.06. The maximum atomic E-state index is 13.9. The van der Waals surface area contributed by atoms with E-state index < -0.39 is 34.1 Å². The van der Waals surface area contributed by atoms with Gasteiger partial charge in [-0.2, -0.15) is 0 Å². The zero-order valence-electron chi connectivity index (χ0n) is 22.7. The predicted molar refractivity (Wildman–Crippen MR) is 156 cm³/mol. The average molecular weight is 617 g/mol. The Balaban J connectivity index is 2.03. The summed E-state index contributed by atoms with van der Waals surface area (Å²) in [7, 11) is -2.60. The number of sulfonamides is 1. The molecule has 0 aromatic heterocycles. The van der Waals surface area contributed by atoms with Crippen LogP contribution < -0.4 is 14.4 Å². The number of nitrogens with zero attached hydrogens (tertiary/aromatic N) is 2. The monoisotopic (exact) mass is 615 g/mol. The van der Waals surface area contributed by atoms with Gasteiger partial charge >= 0.3 is 0 Å². The van der Waals surface area contributed by atoms with Crippen LogP contribution in [-0.2, 0) is 26.2 Å². The van der Waals surface area contributed by atoms with E-state index in [2.05, 4.69) is 21.2 Å². The Kier molecular flexibility index (Phi) is 9.79. The first-order valence-corrected chi connectivity index (χ1v) is 14.6. The molecule has 1 atom stereocenters. The standard InChI is InChI=1S/C29H34BrN3O5S/c1-21(28(35)31-29(2,3)4)32(19-22-10-9-11-23(30)18-22)27(34)20-33(24-14-16-25(38-5)17-15-24)39(36,37)26-12-7-6-8-13-26/h6-18,21H,19-20H2,1-5H3,(H,31,35). The van der Waals surface area contributed by atoms with Crippen LogP contribution in [0.25, 0.3) is 0 Å². The Bertz CT molecular complexity index is 1390. The Morgan fingerprint density at radius 3 is 2.18 bits per heavy atom. The van der Waals surface area contributed by atoms with Crippen molar-refractivity contribution in [2.24, 2.45) is 0 Å². The van der Waals surface area contributed by atoms with E-state index >= 15 is 0 Å². The molecule has 10 heteroatoms. The molecule has 0 saturated heterocycles. The van der Waals surface area contributed by atoms with Crippen molar-refractivity contribution in [1.82, 2.24) is 10.2 Å². The number of anilines is 1. The summed E-state index contributed by atoms with van der Waals surface area (Å²) in [6, 6.07) is 20.9. The molecule has 3 aromatic carbocycles. The summed E-state index contributed by atoms with van der Waals surface area (Å²) in [5, 5.41) is 2.92. The molecule has 3 rings (SSSR count). The van der Waals surface area contributed by atoms with Crippen molar-refractivity contribution in [2.45, 2.75) is 50.7 Å². The molecule has 1 N–H and O–H groups in total. The van der Waals surface area contributed by atoms with E-state index in [4.69, 9.17) is 4.74 Å². The maximum Gasteiger partial charge on any atom is 0.264 e. The quantitative estimate of drug-likeness (QED) is 0.347. The van der Waals surface area contributed by atoms with Gasteiger partial charge in [0.25, 0.3) is 10.0 Å². The molecule has 8 nitrogen and oxygen atoms in total. The zero-order valence-corrected chi connectivity index (χ0v) is 25.1. The number of halogens is 1. The molecule has 0 bridgehead atoms. The van der Waals surface area contributed by atoms with E-state index in [1.54, 1.807) is 49.4 Å². The van der Waals surface area contributed by atoms with Gasteiger partial charge in [-0.05, 0) is 81.8 Å². The maximum absolute atomic E-state index is 13.9. The molecule has 2 amide bonds. The molecule has 0 aliphatic heterocycles. The van der Waals surface area contributed by atoms with E-state index in [9.17, 15) is 18.0 Å². The minimum atomic E-state index is -4.12. The normalized spacial score (nSPS) is 12.4. The highest BCUT2D eigenvalue weighted by molar-refractivity contribution is 9.10. The second-order valence-corrected chi connectivity index (χ2v) is 12.9. The number of hydrogen-bond acceptors (Lipinski definition) is 5. The SMILES string of the molecule is COc1ccc(N(CC(=O)N(Cc2cccc(Br)c2)C(C)C(=O)NC(C)(C)C)S(=O)(=O)c2ccccc2)cc1. The van der Waals surface area contributed by atoms with E-state index in [0.717, 1.165) is 14.3 Å². The lowest BCUT2D eigenvalue weighted by molar-refractivity contribution is -0.140. The van der Waals surface area contributed by atoms with Crippen LogP contribution in [0.3, 0.4) is 0 Å². The van der Waals surface area contributed by atoms with Gasteiger partial charge in [0.1, 0.15) is 18.3 Å². The molecule has 0 aliphatic rings. The van der Waals surface area contributed by atoms with Gasteiger partial charge in [-0.3, -0.25) is 13.9 Å². The number of methoxy groups -OCH3 is 1. The molecule has 0 spiro atoms. The zero-order chi connectivity index (χ0) is 28.8. The summed E-state index contributed by atoms with van der Waals surface area (Å²) < 4.78 is 34.7. The third-order valence-electron chi connectivity index (χ3n) is 5.88. The number of hydrogen-bond donors (Lipinski definition) is 1. The van der Waals surface area contributed by atoms with Crippen molar-refractivity contribution in [1.29, 1.82) is 0 Å². The summed E-state index contributed by atoms with van der Waals surface area (Å²) in [5.74, 6) is -0.319. The Morgan fingerprint density at radius 2 is 1.62 bits per heavy atom. The first-order valence-electron chi connectivity index (χ1n) is 12.4. The Labute approximate surface area is 239 Å². The van der Waals surface area contributed by atoms with Crippen molar-refractivity contribution >= 4 is 43.5 Å². The lowest BCUT2D eigenvalue weighted by atomic mass is 10.1. The van der Waals surface area contributed by atoms with Crippen LogP contribution >= 0.6 is 15.9 Å². The second-order valence-electron chi connectivity index (χ2n) is 10.1. The minimum Gasteiger partial charge on any atom is -0.497 e. The van der Waals surface area contributed by atoms with Gasteiger partial charge in [-0.1, -0.05) is 46.3 Å². The molecule has 1 unspecified atom stereocenters. The molecule has 0 radical (unpaired) electrons. The topological polar surface area (TPSA) is 96.0 Å². The Hall–Kier alpha value is -3.37. The van der Waals surface area contributed by atoms with Crippen molar-refractivity contribution in [3.8, 4) is 5.75 Å². The molecule has 208 valence electrons. The first-order chi connectivity index (χ1) is 18.3. The number of ether oxygens (including phenoxy) is 1. The van der Waals surface area contributed by atoms with Gasteiger partial charge in [0.2, 0.25) is 11.8 Å². The summed E-state index contributed by atoms with van der Waals surface area (Å²) in [4.78, 5) is 28.5. The molecule has 39 heavy (non-hydrogen) atoms. The van der Waals surface area contributed by atoms with Crippen molar-refractivity contribution in [2.75, 3.05) is 18.0 Å². The van der Waals surface area contributed by atoms with E-state index in [0.29, 0.717) is 11.4 Å². The van der Waals surface area contributed by atoms with Gasteiger partial charge in [0.05, 0.1) is 17.7 Å². The third-order valence-corrected chi connectivity index (χ3v) is 8.16. The van der Waals surface area contributed by atoms with Gasteiger partial charge in [-0.15, -0.1) is 0 Å². The van der Waals surface area contributed by atoms with Crippen molar-refractivity contribution in [3.63, 3.8) is 0 Å². The van der Waals surface area contributed by atoms with Crippen LogP contribution in [-0.4, -0.2) is 50.4 Å². The fraction of sp³-hybridized carbons (Fsp3) is 0.310. The first kappa shape index (κ1) is 30.2. The summed E-state index contributed by atoms with van der Waals surface area (Å²) in [6.07, 6.45) is 0. The number of amides is 2. The second kappa shape index (κ2) is 12.7. The van der Waals surface area contributed by atoms with Gasteiger partial charge in [0.15, 0.2) is 0 Å². The van der Waals surface area contributed by atoms with Crippen LogP contribution in [0.4, 0.5) is 5.69 Å². The minimum absolute atomic E-state index is 0.0469. The average Bonchev–Trinajstić information content (AvgIpc) is 2.89. The lowest BCUT2D eigenvalue weighted by Gasteiger charge is -2.33. The smallest absolute Gasteiger partial charge is 0.264 e. The predicted octanol–water partition coefficient (Wildman–Crippen LogP) is 4.99. The van der Waals surface area contributed by atoms with Crippen LogP contribution in [0.1, 0.15) is 33.3 Å². The largest absolute Gasteiger partial charge is 0.497 e. The summed E-state index contributed by atoms with van der Waals surface area (Å²) >= 11 is 3.45. The van der Waals surface area contributed by atoms with Gasteiger partial charge < -0.3 is 15.0 Å². The molecule has 3 aromatic rings. The van der Waals surface area contributed by atoms with Gasteiger partial charge in [-0.25, -0.2) is 8.42 Å². The molecular formula is C29H34BrN3O5S. The summed E-state index contributed by atoms with van der Waals surface area (Å²) in [6.45, 7) is 6.81.